The van der Waals surface area contributed by atoms with Gasteiger partial charge in [-0.05, 0) is 36.2 Å². The van der Waals surface area contributed by atoms with Crippen LogP contribution in [0.3, 0.4) is 0 Å². The van der Waals surface area contributed by atoms with E-state index in [1.165, 1.54) is 17.3 Å². The largest absolute Gasteiger partial charge is 0.355 e. The molecular weight excluding hydrogens is 372 g/mol. The van der Waals surface area contributed by atoms with Crippen molar-refractivity contribution in [2.24, 2.45) is 0 Å². The van der Waals surface area contributed by atoms with Gasteiger partial charge in [-0.2, -0.15) is 9.61 Å². The second kappa shape index (κ2) is 8.62. The SMILES string of the molecule is O=C(CSc1ccc2nnc(-c3ccncc3)n2n1)NCCc1ccccc1. The number of fused-ring (bicyclic) bond motifs is 1. The average molecular weight is 390 g/mol. The number of nitrogens with one attached hydrogen (secondary N) is 1. The van der Waals surface area contributed by atoms with Crippen molar-refractivity contribution in [3.8, 4) is 11.4 Å². The van der Waals surface area contributed by atoms with Gasteiger partial charge in [-0.25, -0.2) is 0 Å². The van der Waals surface area contributed by atoms with E-state index >= 15 is 0 Å². The summed E-state index contributed by atoms with van der Waals surface area (Å²) in [5.41, 5.74) is 2.75. The molecule has 1 aromatic carbocycles. The summed E-state index contributed by atoms with van der Waals surface area (Å²) in [4.78, 5) is 16.1. The van der Waals surface area contributed by atoms with Crippen LogP contribution in [0.1, 0.15) is 5.56 Å². The second-order valence-corrected chi connectivity index (χ2v) is 7.07. The summed E-state index contributed by atoms with van der Waals surface area (Å²) in [7, 11) is 0. The molecule has 0 fully saturated rings. The van der Waals surface area contributed by atoms with Crippen LogP contribution in [0.2, 0.25) is 0 Å². The van der Waals surface area contributed by atoms with Crippen LogP contribution in [0.15, 0.2) is 72.0 Å². The molecule has 0 radical (unpaired) electrons. The van der Waals surface area contributed by atoms with Crippen molar-refractivity contribution in [3.63, 3.8) is 0 Å². The number of benzene rings is 1. The van der Waals surface area contributed by atoms with E-state index in [9.17, 15) is 4.79 Å². The number of carbonyl (C=O) groups excluding carboxylic acids is 1. The number of nitrogens with zero attached hydrogens (tertiary/aromatic N) is 5. The third-order valence-corrected chi connectivity index (χ3v) is 5.03. The maximum Gasteiger partial charge on any atom is 0.230 e. The highest BCUT2D eigenvalue weighted by Crippen LogP contribution is 2.20. The molecule has 7 nitrogen and oxygen atoms in total. The van der Waals surface area contributed by atoms with E-state index in [1.54, 1.807) is 16.9 Å². The molecule has 0 unspecified atom stereocenters. The van der Waals surface area contributed by atoms with E-state index in [0.717, 1.165) is 17.0 Å². The van der Waals surface area contributed by atoms with Crippen molar-refractivity contribution >= 4 is 23.3 Å². The van der Waals surface area contributed by atoms with Crippen molar-refractivity contribution in [1.82, 2.24) is 30.1 Å². The van der Waals surface area contributed by atoms with Crippen molar-refractivity contribution in [2.45, 2.75) is 11.4 Å². The Kier molecular flexibility index (Phi) is 5.58. The molecular formula is C20H18N6OS. The molecule has 0 aliphatic heterocycles. The number of amides is 1. The van der Waals surface area contributed by atoms with Crippen LogP contribution in [-0.2, 0) is 11.2 Å². The van der Waals surface area contributed by atoms with Gasteiger partial charge in [-0.3, -0.25) is 9.78 Å². The topological polar surface area (TPSA) is 85.1 Å². The number of hydrogen-bond donors (Lipinski definition) is 1. The van der Waals surface area contributed by atoms with Crippen LogP contribution in [0.4, 0.5) is 0 Å². The Hall–Kier alpha value is -3.26. The van der Waals surface area contributed by atoms with E-state index in [2.05, 4.69) is 37.7 Å². The first-order chi connectivity index (χ1) is 13.8. The Bertz CT molecular complexity index is 1070. The lowest BCUT2D eigenvalue weighted by atomic mass is 10.1. The third kappa shape index (κ3) is 4.34. The Morgan fingerprint density at radius 2 is 1.82 bits per heavy atom. The zero-order chi connectivity index (χ0) is 19.2. The number of rotatable bonds is 7. The van der Waals surface area contributed by atoms with Crippen molar-refractivity contribution < 1.29 is 4.79 Å². The summed E-state index contributed by atoms with van der Waals surface area (Å²) in [5, 5.41) is 16.6. The summed E-state index contributed by atoms with van der Waals surface area (Å²) in [6, 6.07) is 17.5. The van der Waals surface area contributed by atoms with E-state index < -0.39 is 0 Å². The minimum Gasteiger partial charge on any atom is -0.355 e. The van der Waals surface area contributed by atoms with Gasteiger partial charge in [-0.15, -0.1) is 10.2 Å². The number of hydrogen-bond acceptors (Lipinski definition) is 6. The first-order valence-electron chi connectivity index (χ1n) is 8.86. The van der Waals surface area contributed by atoms with Gasteiger partial charge in [0.1, 0.15) is 5.03 Å². The fourth-order valence-electron chi connectivity index (χ4n) is 2.71. The standard InChI is InChI=1S/C20H18N6OS/c27-18(22-13-8-15-4-2-1-3-5-15)14-28-19-7-6-17-23-24-20(26(17)25-19)16-9-11-21-12-10-16/h1-7,9-12H,8,13-14H2,(H,22,27). The van der Waals surface area contributed by atoms with Crippen molar-refractivity contribution in [3.05, 3.63) is 72.6 Å². The van der Waals surface area contributed by atoms with Crippen LogP contribution in [0, 0.1) is 0 Å². The summed E-state index contributed by atoms with van der Waals surface area (Å²) >= 11 is 1.39. The molecule has 0 aliphatic rings. The Morgan fingerprint density at radius 3 is 2.64 bits per heavy atom. The first kappa shape index (κ1) is 18.1. The third-order valence-electron chi connectivity index (χ3n) is 4.11. The summed E-state index contributed by atoms with van der Waals surface area (Å²) < 4.78 is 1.69. The highest BCUT2D eigenvalue weighted by molar-refractivity contribution is 7.99. The molecule has 1 amide bonds. The number of pyridine rings is 1. The van der Waals surface area contributed by atoms with Crippen molar-refractivity contribution in [2.75, 3.05) is 12.3 Å². The molecule has 4 rings (SSSR count). The van der Waals surface area contributed by atoms with Gasteiger partial charge in [0.05, 0.1) is 5.75 Å². The summed E-state index contributed by atoms with van der Waals surface area (Å²) in [6.07, 6.45) is 4.22. The molecule has 28 heavy (non-hydrogen) atoms. The van der Waals surface area contributed by atoms with Gasteiger partial charge in [0, 0.05) is 24.5 Å². The Balaban J connectivity index is 1.36. The fraction of sp³-hybridized carbons (Fsp3) is 0.150. The first-order valence-corrected chi connectivity index (χ1v) is 9.84. The molecule has 3 aromatic heterocycles. The lowest BCUT2D eigenvalue weighted by Crippen LogP contribution is -2.27. The highest BCUT2D eigenvalue weighted by Gasteiger charge is 2.11. The smallest absolute Gasteiger partial charge is 0.230 e. The maximum atomic E-state index is 12.1. The molecule has 0 bridgehead atoms. The molecule has 0 aliphatic carbocycles. The lowest BCUT2D eigenvalue weighted by Gasteiger charge is -2.06. The predicted molar refractivity (Wildman–Crippen MR) is 108 cm³/mol. The quantitative estimate of drug-likeness (QED) is 0.488. The molecule has 0 saturated carbocycles. The van der Waals surface area contributed by atoms with Gasteiger partial charge < -0.3 is 5.32 Å². The van der Waals surface area contributed by atoms with Gasteiger partial charge in [0.2, 0.25) is 5.91 Å². The molecule has 3 heterocycles. The zero-order valence-corrected chi connectivity index (χ0v) is 15.8. The molecule has 140 valence electrons. The minimum atomic E-state index is -0.0130. The van der Waals surface area contributed by atoms with Crippen LogP contribution in [0.5, 0.6) is 0 Å². The average Bonchev–Trinajstić information content (AvgIpc) is 3.17. The van der Waals surface area contributed by atoms with Crippen LogP contribution >= 0.6 is 11.8 Å². The Labute approximate surface area is 166 Å². The Morgan fingerprint density at radius 1 is 1.00 bits per heavy atom. The number of aromatic nitrogens is 5. The molecule has 0 spiro atoms. The van der Waals surface area contributed by atoms with E-state index in [1.807, 2.05) is 42.5 Å². The summed E-state index contributed by atoms with van der Waals surface area (Å²) in [6.45, 7) is 0.619. The van der Waals surface area contributed by atoms with Gasteiger partial charge in [0.15, 0.2) is 11.5 Å². The van der Waals surface area contributed by atoms with Crippen LogP contribution in [-0.4, -0.2) is 43.0 Å². The molecule has 0 atom stereocenters. The van der Waals surface area contributed by atoms with Crippen molar-refractivity contribution in [1.29, 1.82) is 0 Å². The zero-order valence-electron chi connectivity index (χ0n) is 15.0. The van der Waals surface area contributed by atoms with Gasteiger partial charge in [0.25, 0.3) is 0 Å². The number of carbonyl (C=O) groups is 1. The summed E-state index contributed by atoms with van der Waals surface area (Å²) in [5.74, 6) is 0.938. The number of thioether (sulfide) groups is 1. The normalized spacial score (nSPS) is 10.9. The van der Waals surface area contributed by atoms with E-state index in [0.29, 0.717) is 23.8 Å². The maximum absolute atomic E-state index is 12.1. The monoisotopic (exact) mass is 390 g/mol. The molecule has 1 N–H and O–H groups in total. The van der Waals surface area contributed by atoms with Crippen LogP contribution in [0.25, 0.3) is 17.0 Å². The predicted octanol–water partition coefficient (Wildman–Crippen LogP) is 2.64. The lowest BCUT2D eigenvalue weighted by molar-refractivity contribution is -0.118. The van der Waals surface area contributed by atoms with E-state index in [-0.39, 0.29) is 5.91 Å². The second-order valence-electron chi connectivity index (χ2n) is 6.08. The van der Waals surface area contributed by atoms with Gasteiger partial charge >= 0.3 is 0 Å². The van der Waals surface area contributed by atoms with Gasteiger partial charge in [-0.1, -0.05) is 42.1 Å². The highest BCUT2D eigenvalue weighted by atomic mass is 32.2. The van der Waals surface area contributed by atoms with E-state index in [4.69, 9.17) is 0 Å². The van der Waals surface area contributed by atoms with Crippen LogP contribution < -0.4 is 5.32 Å². The molecule has 4 aromatic rings. The fourth-order valence-corrected chi connectivity index (χ4v) is 3.40. The minimum absolute atomic E-state index is 0.0130. The molecule has 8 heteroatoms. The molecule has 0 saturated heterocycles.